The lowest BCUT2D eigenvalue weighted by Gasteiger charge is -2.12. The minimum absolute atomic E-state index is 0.276. The second-order valence-corrected chi connectivity index (χ2v) is 5.17. The number of aliphatic hydroxyl groups is 1. The molecule has 1 atom stereocenters. The summed E-state index contributed by atoms with van der Waals surface area (Å²) in [7, 11) is 0. The molecule has 1 N–H and O–H groups in total. The summed E-state index contributed by atoms with van der Waals surface area (Å²) in [4.78, 5) is 0. The summed E-state index contributed by atoms with van der Waals surface area (Å²) in [6.07, 6.45) is 3.16. The van der Waals surface area contributed by atoms with Crippen molar-refractivity contribution < 1.29 is 5.11 Å². The Labute approximate surface area is 84.3 Å². The monoisotopic (exact) mass is 199 g/mol. The summed E-state index contributed by atoms with van der Waals surface area (Å²) in [6.45, 7) is 2.33. The maximum absolute atomic E-state index is 8.82. The van der Waals surface area contributed by atoms with Crippen LogP contribution in [0, 0.1) is 22.7 Å². The van der Waals surface area contributed by atoms with E-state index in [2.05, 4.69) is 13.0 Å². The van der Waals surface area contributed by atoms with Crippen LogP contribution < -0.4 is 0 Å². The highest BCUT2D eigenvalue weighted by molar-refractivity contribution is 7.99. The molecular weight excluding hydrogens is 182 g/mol. The van der Waals surface area contributed by atoms with Crippen LogP contribution >= 0.6 is 11.8 Å². The van der Waals surface area contributed by atoms with Gasteiger partial charge in [0, 0.05) is 13.0 Å². The fourth-order valence-electron chi connectivity index (χ4n) is 1.25. The molecule has 0 heterocycles. The molecule has 0 aromatic rings. The second-order valence-electron chi connectivity index (χ2n) is 4.14. The van der Waals surface area contributed by atoms with E-state index in [0.29, 0.717) is 17.8 Å². The highest BCUT2D eigenvalue weighted by Crippen LogP contribution is 2.50. The Bertz CT molecular complexity index is 196. The molecule has 3 heteroatoms. The molecule has 2 nitrogen and oxygen atoms in total. The number of nitrogens with zero attached hydrogens (tertiary/aromatic N) is 1. The molecule has 1 unspecified atom stereocenters. The number of aliphatic hydroxyl groups excluding tert-OH is 1. The Hall–Kier alpha value is -0.200. The maximum Gasteiger partial charge on any atom is 0.0627 e. The van der Waals surface area contributed by atoms with Crippen molar-refractivity contribution in [1.29, 1.82) is 5.26 Å². The van der Waals surface area contributed by atoms with Gasteiger partial charge in [0.2, 0.25) is 0 Å². The van der Waals surface area contributed by atoms with Gasteiger partial charge in [-0.05, 0) is 35.7 Å². The molecule has 13 heavy (non-hydrogen) atoms. The zero-order chi connectivity index (χ0) is 9.73. The van der Waals surface area contributed by atoms with Crippen LogP contribution in [-0.2, 0) is 0 Å². The van der Waals surface area contributed by atoms with E-state index < -0.39 is 0 Å². The lowest BCUT2D eigenvalue weighted by Crippen LogP contribution is -2.08. The smallest absolute Gasteiger partial charge is 0.0627 e. The van der Waals surface area contributed by atoms with E-state index in [0.717, 1.165) is 11.5 Å². The summed E-state index contributed by atoms with van der Waals surface area (Å²) in [6, 6.07) is 2.26. The van der Waals surface area contributed by atoms with Gasteiger partial charge < -0.3 is 5.11 Å². The third kappa shape index (κ3) is 3.58. The van der Waals surface area contributed by atoms with Crippen LogP contribution in [0.15, 0.2) is 0 Å². The zero-order valence-corrected chi connectivity index (χ0v) is 8.94. The van der Waals surface area contributed by atoms with E-state index in [1.807, 2.05) is 11.8 Å². The predicted molar refractivity (Wildman–Crippen MR) is 55.5 cm³/mol. The molecule has 0 amide bonds. The van der Waals surface area contributed by atoms with Gasteiger partial charge in [0.25, 0.3) is 0 Å². The lowest BCUT2D eigenvalue weighted by atomic mass is 10.1. The topological polar surface area (TPSA) is 44.0 Å². The summed E-state index contributed by atoms with van der Waals surface area (Å²) in [5, 5.41) is 17.4. The van der Waals surface area contributed by atoms with Crippen molar-refractivity contribution in [3.63, 3.8) is 0 Å². The van der Waals surface area contributed by atoms with Gasteiger partial charge in [-0.1, -0.05) is 6.92 Å². The summed E-state index contributed by atoms with van der Waals surface area (Å²) >= 11 is 1.88. The Balaban J connectivity index is 2.09. The molecule has 0 saturated heterocycles. The molecule has 0 aromatic carbocycles. The quantitative estimate of drug-likeness (QED) is 0.712. The van der Waals surface area contributed by atoms with Gasteiger partial charge >= 0.3 is 0 Å². The summed E-state index contributed by atoms with van der Waals surface area (Å²) < 4.78 is 0. The largest absolute Gasteiger partial charge is 0.396 e. The van der Waals surface area contributed by atoms with E-state index >= 15 is 0 Å². The number of hydrogen-bond donors (Lipinski definition) is 1. The summed E-state index contributed by atoms with van der Waals surface area (Å²) in [5.74, 6) is 2.51. The number of rotatable bonds is 6. The van der Waals surface area contributed by atoms with Gasteiger partial charge in [-0.15, -0.1) is 0 Å². The van der Waals surface area contributed by atoms with Gasteiger partial charge in [0.05, 0.1) is 6.07 Å². The van der Waals surface area contributed by atoms with Gasteiger partial charge in [-0.3, -0.25) is 0 Å². The van der Waals surface area contributed by atoms with E-state index in [1.165, 1.54) is 12.8 Å². The van der Waals surface area contributed by atoms with E-state index in [-0.39, 0.29) is 6.61 Å². The number of nitriles is 1. The van der Waals surface area contributed by atoms with Crippen LogP contribution in [0.1, 0.15) is 26.2 Å². The molecule has 1 aliphatic carbocycles. The van der Waals surface area contributed by atoms with Crippen molar-refractivity contribution in [3.05, 3.63) is 0 Å². The third-order valence-electron chi connectivity index (χ3n) is 2.53. The lowest BCUT2D eigenvalue weighted by molar-refractivity contribution is 0.250. The van der Waals surface area contributed by atoms with E-state index in [1.54, 1.807) is 0 Å². The van der Waals surface area contributed by atoms with Gasteiger partial charge in [0.1, 0.15) is 0 Å². The average molecular weight is 199 g/mol. The molecule has 74 valence electrons. The van der Waals surface area contributed by atoms with Crippen LogP contribution in [0.4, 0.5) is 0 Å². The first-order valence-electron chi connectivity index (χ1n) is 4.78. The van der Waals surface area contributed by atoms with Crippen molar-refractivity contribution >= 4 is 11.8 Å². The first-order chi connectivity index (χ1) is 6.22. The van der Waals surface area contributed by atoms with Crippen molar-refractivity contribution in [2.75, 3.05) is 18.1 Å². The average Bonchev–Trinajstić information content (AvgIpc) is 2.86. The molecule has 1 rings (SSSR count). The first-order valence-corrected chi connectivity index (χ1v) is 5.93. The van der Waals surface area contributed by atoms with E-state index in [4.69, 9.17) is 10.4 Å². The molecule has 0 aromatic heterocycles. The van der Waals surface area contributed by atoms with E-state index in [9.17, 15) is 0 Å². The SMILES string of the molecule is CC(CO)CSCC1(CC#N)CC1. The first kappa shape index (κ1) is 10.9. The van der Waals surface area contributed by atoms with Gasteiger partial charge in [-0.2, -0.15) is 17.0 Å². The molecule has 0 radical (unpaired) electrons. The Morgan fingerprint density at radius 1 is 1.62 bits per heavy atom. The Kier molecular flexibility index (Phi) is 4.08. The highest BCUT2D eigenvalue weighted by Gasteiger charge is 2.41. The van der Waals surface area contributed by atoms with Crippen LogP contribution in [-0.4, -0.2) is 23.2 Å². The minimum Gasteiger partial charge on any atom is -0.396 e. The maximum atomic E-state index is 8.82. The fraction of sp³-hybridized carbons (Fsp3) is 0.900. The number of hydrogen-bond acceptors (Lipinski definition) is 3. The molecule has 0 aliphatic heterocycles. The summed E-state index contributed by atoms with van der Waals surface area (Å²) in [5.41, 5.74) is 0.356. The standard InChI is InChI=1S/C10H17NOS/c1-9(6-12)7-13-8-10(2-3-10)4-5-11/h9,12H,2-4,6-8H2,1H3. The molecule has 1 saturated carbocycles. The molecule has 1 fully saturated rings. The fourth-order valence-corrected chi connectivity index (χ4v) is 2.70. The Morgan fingerprint density at radius 3 is 2.77 bits per heavy atom. The van der Waals surface area contributed by atoms with Crippen molar-refractivity contribution in [1.82, 2.24) is 0 Å². The molecule has 0 spiro atoms. The van der Waals surface area contributed by atoms with Crippen LogP contribution in [0.2, 0.25) is 0 Å². The van der Waals surface area contributed by atoms with Crippen molar-refractivity contribution in [3.8, 4) is 6.07 Å². The Morgan fingerprint density at radius 2 is 2.31 bits per heavy atom. The van der Waals surface area contributed by atoms with Crippen molar-refractivity contribution in [2.24, 2.45) is 11.3 Å². The highest BCUT2D eigenvalue weighted by atomic mass is 32.2. The molecule has 1 aliphatic rings. The van der Waals surface area contributed by atoms with Gasteiger partial charge in [0.15, 0.2) is 0 Å². The number of thioether (sulfide) groups is 1. The molecular formula is C10H17NOS. The molecule has 0 bridgehead atoms. The van der Waals surface area contributed by atoms with Crippen LogP contribution in [0.3, 0.4) is 0 Å². The second kappa shape index (κ2) is 4.88. The minimum atomic E-state index is 0.276. The normalized spacial score (nSPS) is 20.7. The van der Waals surface area contributed by atoms with Crippen molar-refractivity contribution in [2.45, 2.75) is 26.2 Å². The zero-order valence-electron chi connectivity index (χ0n) is 8.12. The van der Waals surface area contributed by atoms with Gasteiger partial charge in [-0.25, -0.2) is 0 Å². The predicted octanol–water partition coefficient (Wildman–Crippen LogP) is 2.04. The van der Waals surface area contributed by atoms with Crippen LogP contribution in [0.5, 0.6) is 0 Å². The third-order valence-corrected chi connectivity index (χ3v) is 4.15. The van der Waals surface area contributed by atoms with Crippen LogP contribution in [0.25, 0.3) is 0 Å².